The molecular weight excluding hydrogens is 294 g/mol. The molecule has 7 heteroatoms. The predicted molar refractivity (Wildman–Crippen MR) is 72.1 cm³/mol. The van der Waals surface area contributed by atoms with Crippen molar-refractivity contribution < 1.29 is 23.4 Å². The van der Waals surface area contributed by atoms with Gasteiger partial charge in [0.1, 0.15) is 35.8 Å². The van der Waals surface area contributed by atoms with Crippen molar-refractivity contribution in [2.45, 2.75) is 24.4 Å². The third-order valence-electron chi connectivity index (χ3n) is 4.20. The van der Waals surface area contributed by atoms with E-state index in [1.54, 1.807) is 17.0 Å². The highest BCUT2D eigenvalue weighted by Gasteiger charge is 2.48. The topological polar surface area (TPSA) is 56.5 Å². The van der Waals surface area contributed by atoms with E-state index in [-0.39, 0.29) is 30.4 Å². The maximum Gasteiger partial charge on any atom is 0.143 e. The van der Waals surface area contributed by atoms with Gasteiger partial charge in [0.25, 0.3) is 0 Å². The molecule has 0 radical (unpaired) electrons. The maximum atomic E-state index is 14.0. The van der Waals surface area contributed by atoms with E-state index in [4.69, 9.17) is 9.47 Å². The predicted octanol–water partition coefficient (Wildman–Crippen LogP) is 1.53. The Morgan fingerprint density at radius 2 is 2.00 bits per heavy atom. The summed E-state index contributed by atoms with van der Waals surface area (Å²) in [4.78, 5) is 4.18. The zero-order valence-corrected chi connectivity index (χ0v) is 11.5. The smallest absolute Gasteiger partial charge is 0.143 e. The number of hydrogen-bond donors (Lipinski definition) is 1. The van der Waals surface area contributed by atoms with Gasteiger partial charge in [-0.3, -0.25) is 0 Å². The van der Waals surface area contributed by atoms with E-state index in [2.05, 4.69) is 4.98 Å². The molecule has 2 aliphatic heterocycles. The minimum atomic E-state index is -0.671. The van der Waals surface area contributed by atoms with Crippen molar-refractivity contribution in [3.63, 3.8) is 0 Å². The molecule has 1 aromatic carbocycles. The van der Waals surface area contributed by atoms with Crippen LogP contribution in [0.3, 0.4) is 0 Å². The van der Waals surface area contributed by atoms with Gasteiger partial charge in [-0.05, 0) is 12.1 Å². The quantitative estimate of drug-likeness (QED) is 0.914. The SMILES string of the molecule is O[C@@H]1CO[C@H]2[C@@H]1OC[C@H]2n1ccnc1-c1ccc(F)cc1F. The summed E-state index contributed by atoms with van der Waals surface area (Å²) in [5.74, 6) is -0.919. The lowest BCUT2D eigenvalue weighted by atomic mass is 10.1. The highest BCUT2D eigenvalue weighted by atomic mass is 19.1. The highest BCUT2D eigenvalue weighted by molar-refractivity contribution is 5.56. The largest absolute Gasteiger partial charge is 0.388 e. The van der Waals surface area contributed by atoms with Gasteiger partial charge in [-0.2, -0.15) is 0 Å². The minimum Gasteiger partial charge on any atom is -0.388 e. The first-order chi connectivity index (χ1) is 10.6. The van der Waals surface area contributed by atoms with Gasteiger partial charge in [0.05, 0.1) is 24.8 Å². The zero-order valence-electron chi connectivity index (χ0n) is 11.5. The third-order valence-corrected chi connectivity index (χ3v) is 4.20. The summed E-state index contributed by atoms with van der Waals surface area (Å²) in [6.45, 7) is 0.569. The number of rotatable bonds is 2. The highest BCUT2D eigenvalue weighted by Crippen LogP contribution is 2.36. The molecule has 0 amide bonds. The minimum absolute atomic E-state index is 0.205. The monoisotopic (exact) mass is 308 g/mol. The summed E-state index contributed by atoms with van der Waals surface area (Å²) in [5, 5.41) is 9.80. The molecule has 2 aliphatic rings. The second-order valence-corrected chi connectivity index (χ2v) is 5.51. The van der Waals surface area contributed by atoms with Gasteiger partial charge < -0.3 is 19.1 Å². The van der Waals surface area contributed by atoms with Crippen LogP contribution in [0.4, 0.5) is 8.78 Å². The summed E-state index contributed by atoms with van der Waals surface area (Å²) in [7, 11) is 0. The van der Waals surface area contributed by atoms with E-state index in [0.717, 1.165) is 6.07 Å². The van der Waals surface area contributed by atoms with Crippen molar-refractivity contribution >= 4 is 0 Å². The Balaban J connectivity index is 1.72. The van der Waals surface area contributed by atoms with Crippen LogP contribution in [-0.4, -0.2) is 46.2 Å². The molecule has 1 aromatic heterocycles. The zero-order chi connectivity index (χ0) is 15.3. The van der Waals surface area contributed by atoms with Gasteiger partial charge in [-0.15, -0.1) is 0 Å². The number of nitrogens with zero attached hydrogens (tertiary/aromatic N) is 2. The Morgan fingerprint density at radius 3 is 2.82 bits per heavy atom. The van der Waals surface area contributed by atoms with E-state index in [1.165, 1.54) is 12.1 Å². The molecule has 2 aromatic rings. The molecule has 3 heterocycles. The summed E-state index contributed by atoms with van der Waals surface area (Å²) < 4.78 is 40.0. The Morgan fingerprint density at radius 1 is 1.18 bits per heavy atom. The van der Waals surface area contributed by atoms with Gasteiger partial charge >= 0.3 is 0 Å². The van der Waals surface area contributed by atoms with Crippen molar-refractivity contribution in [1.29, 1.82) is 0 Å². The normalized spacial score (nSPS) is 30.7. The first-order valence-electron chi connectivity index (χ1n) is 7.04. The van der Waals surface area contributed by atoms with Crippen molar-refractivity contribution in [3.8, 4) is 11.4 Å². The van der Waals surface area contributed by atoms with E-state index < -0.39 is 17.7 Å². The van der Waals surface area contributed by atoms with Crippen LogP contribution in [-0.2, 0) is 9.47 Å². The summed E-state index contributed by atoms with van der Waals surface area (Å²) in [6, 6.07) is 3.18. The number of aliphatic hydroxyl groups is 1. The van der Waals surface area contributed by atoms with Crippen molar-refractivity contribution in [2.75, 3.05) is 13.2 Å². The van der Waals surface area contributed by atoms with Crippen LogP contribution in [0.5, 0.6) is 0 Å². The average molecular weight is 308 g/mol. The molecule has 2 saturated heterocycles. The van der Waals surface area contributed by atoms with Crippen LogP contribution in [0, 0.1) is 11.6 Å². The van der Waals surface area contributed by atoms with Crippen LogP contribution in [0.1, 0.15) is 6.04 Å². The van der Waals surface area contributed by atoms with Gasteiger partial charge in [-0.1, -0.05) is 0 Å². The Labute approximate surface area is 125 Å². The van der Waals surface area contributed by atoms with Crippen LogP contribution >= 0.6 is 0 Å². The van der Waals surface area contributed by atoms with Crippen LogP contribution in [0.15, 0.2) is 30.6 Å². The molecule has 4 rings (SSSR count). The van der Waals surface area contributed by atoms with Crippen LogP contribution in [0.25, 0.3) is 11.4 Å². The fraction of sp³-hybridized carbons (Fsp3) is 0.400. The summed E-state index contributed by atoms with van der Waals surface area (Å²) >= 11 is 0. The molecule has 5 nitrogen and oxygen atoms in total. The number of aliphatic hydroxyl groups excluding tert-OH is 1. The Hall–Kier alpha value is -1.83. The average Bonchev–Trinajstić information content (AvgIpc) is 3.17. The second-order valence-electron chi connectivity index (χ2n) is 5.51. The fourth-order valence-electron chi connectivity index (χ4n) is 3.16. The number of aromatic nitrogens is 2. The number of hydrogen-bond acceptors (Lipinski definition) is 4. The standard InChI is InChI=1S/C15H14F2N2O3/c16-8-1-2-9(10(17)5-8)15-18-3-4-19(15)11-6-21-14-12(20)7-22-13(11)14/h1-5,11-14,20H,6-7H2/t11-,12-,13-,14-/m1/s1. The molecule has 4 atom stereocenters. The lowest BCUT2D eigenvalue weighted by molar-refractivity contribution is 0.0172. The first kappa shape index (κ1) is 13.8. The second kappa shape index (κ2) is 5.12. The maximum absolute atomic E-state index is 14.0. The number of fused-ring (bicyclic) bond motifs is 1. The molecule has 1 N–H and O–H groups in total. The third kappa shape index (κ3) is 2.05. The molecular formula is C15H14F2N2O3. The number of imidazole rings is 1. The van der Waals surface area contributed by atoms with Crippen molar-refractivity contribution in [3.05, 3.63) is 42.2 Å². The lowest BCUT2D eigenvalue weighted by Gasteiger charge is -2.19. The summed E-state index contributed by atoms with van der Waals surface area (Å²) in [5.41, 5.74) is 0.216. The summed E-state index contributed by atoms with van der Waals surface area (Å²) in [6.07, 6.45) is 1.94. The molecule has 0 aliphatic carbocycles. The Kier molecular flexibility index (Phi) is 3.21. The number of benzene rings is 1. The van der Waals surface area contributed by atoms with Gasteiger partial charge in [-0.25, -0.2) is 13.8 Å². The van der Waals surface area contributed by atoms with Crippen LogP contribution in [0.2, 0.25) is 0 Å². The van der Waals surface area contributed by atoms with E-state index in [0.29, 0.717) is 12.4 Å². The number of ether oxygens (including phenoxy) is 2. The van der Waals surface area contributed by atoms with Crippen molar-refractivity contribution in [1.82, 2.24) is 9.55 Å². The van der Waals surface area contributed by atoms with Gasteiger partial charge in [0, 0.05) is 18.5 Å². The van der Waals surface area contributed by atoms with E-state index in [9.17, 15) is 13.9 Å². The number of halogens is 2. The molecule has 0 spiro atoms. The fourth-order valence-corrected chi connectivity index (χ4v) is 3.16. The lowest BCUT2D eigenvalue weighted by Crippen LogP contribution is -2.30. The molecule has 0 saturated carbocycles. The first-order valence-corrected chi connectivity index (χ1v) is 7.04. The van der Waals surface area contributed by atoms with Crippen LogP contribution < -0.4 is 0 Å². The molecule has 22 heavy (non-hydrogen) atoms. The van der Waals surface area contributed by atoms with Gasteiger partial charge in [0.2, 0.25) is 0 Å². The van der Waals surface area contributed by atoms with E-state index in [1.807, 2.05) is 0 Å². The van der Waals surface area contributed by atoms with E-state index >= 15 is 0 Å². The molecule has 2 fully saturated rings. The molecule has 0 bridgehead atoms. The van der Waals surface area contributed by atoms with Crippen molar-refractivity contribution in [2.24, 2.45) is 0 Å². The van der Waals surface area contributed by atoms with Gasteiger partial charge in [0.15, 0.2) is 0 Å². The molecule has 116 valence electrons. The Bertz CT molecular complexity index is 706. The molecule has 0 unspecified atom stereocenters.